The monoisotopic (exact) mass is 716 g/mol. The third-order valence-corrected chi connectivity index (χ3v) is 6.64. The van der Waals surface area contributed by atoms with Crippen molar-refractivity contribution in [2.75, 3.05) is 85.8 Å². The first-order valence-electron chi connectivity index (χ1n) is 16.3. The summed E-state index contributed by atoms with van der Waals surface area (Å²) in [5.41, 5.74) is 6.00. The van der Waals surface area contributed by atoms with E-state index in [-0.39, 0.29) is 38.1 Å². The predicted molar refractivity (Wildman–Crippen MR) is 165 cm³/mol. The van der Waals surface area contributed by atoms with Crippen molar-refractivity contribution in [2.24, 2.45) is 5.73 Å². The van der Waals surface area contributed by atoms with Gasteiger partial charge in [0.2, 0.25) is 40.7 Å². The van der Waals surface area contributed by atoms with Crippen molar-refractivity contribution in [3.05, 3.63) is 29.1 Å². The van der Waals surface area contributed by atoms with Crippen LogP contribution < -0.4 is 15.8 Å². The second-order valence-corrected chi connectivity index (χ2v) is 10.5. The molecule has 0 spiro atoms. The Morgan fingerprint density at radius 1 is 0.592 bits per heavy atom. The van der Waals surface area contributed by atoms with E-state index in [1.54, 1.807) is 0 Å². The van der Waals surface area contributed by atoms with Crippen molar-refractivity contribution in [3.63, 3.8) is 0 Å². The van der Waals surface area contributed by atoms with E-state index in [9.17, 15) is 36.3 Å². The average molecular weight is 717 g/mol. The molecule has 0 aliphatic rings. The SMILES string of the molecule is CCOCCOCCC(=O)NCCCC[C@H](N)C(=O)CCCCOCCOCCOCCOCCC(=O)Oc1c(F)c(F)c(F)c(F)c1F. The third kappa shape index (κ3) is 20.5. The maximum absolute atomic E-state index is 13.5. The van der Waals surface area contributed by atoms with Crippen molar-refractivity contribution < 1.29 is 69.5 Å². The first-order chi connectivity index (χ1) is 23.6. The molecule has 282 valence electrons. The maximum atomic E-state index is 13.5. The molecular formula is C32H49F5N2O10. The van der Waals surface area contributed by atoms with Crippen LogP contribution in [0.15, 0.2) is 0 Å². The Bertz CT molecular complexity index is 1070. The van der Waals surface area contributed by atoms with Gasteiger partial charge in [-0.3, -0.25) is 14.4 Å². The lowest BCUT2D eigenvalue weighted by atomic mass is 10.0. The highest BCUT2D eigenvalue weighted by Gasteiger charge is 2.28. The van der Waals surface area contributed by atoms with Gasteiger partial charge in [0, 0.05) is 32.6 Å². The molecule has 0 unspecified atom stereocenters. The van der Waals surface area contributed by atoms with Gasteiger partial charge in [-0.1, -0.05) is 0 Å². The molecule has 0 aliphatic heterocycles. The van der Waals surface area contributed by atoms with E-state index in [0.717, 1.165) is 12.8 Å². The highest BCUT2D eigenvalue weighted by atomic mass is 19.2. The fourth-order valence-corrected chi connectivity index (χ4v) is 3.94. The third-order valence-electron chi connectivity index (χ3n) is 6.64. The van der Waals surface area contributed by atoms with Gasteiger partial charge in [0.15, 0.2) is 0 Å². The zero-order chi connectivity index (χ0) is 36.3. The van der Waals surface area contributed by atoms with E-state index in [1.807, 2.05) is 6.92 Å². The van der Waals surface area contributed by atoms with Crippen LogP contribution in [-0.4, -0.2) is 110 Å². The number of ketones is 1. The van der Waals surface area contributed by atoms with E-state index >= 15 is 0 Å². The smallest absolute Gasteiger partial charge is 0.313 e. The molecule has 1 aromatic carbocycles. The van der Waals surface area contributed by atoms with Gasteiger partial charge in [-0.15, -0.1) is 0 Å². The molecule has 1 amide bonds. The number of amides is 1. The molecule has 1 rings (SSSR count). The number of esters is 1. The second kappa shape index (κ2) is 28.0. The molecule has 49 heavy (non-hydrogen) atoms. The number of nitrogens with two attached hydrogens (primary N) is 1. The molecular weight excluding hydrogens is 667 g/mol. The van der Waals surface area contributed by atoms with Crippen LogP contribution in [0.3, 0.4) is 0 Å². The first kappa shape index (κ1) is 44.2. The van der Waals surface area contributed by atoms with Crippen LogP contribution in [0, 0.1) is 29.1 Å². The fourth-order valence-electron chi connectivity index (χ4n) is 3.94. The highest BCUT2D eigenvalue weighted by Crippen LogP contribution is 2.29. The average Bonchev–Trinajstić information content (AvgIpc) is 3.09. The summed E-state index contributed by atoms with van der Waals surface area (Å²) in [5.74, 6) is -14.2. The van der Waals surface area contributed by atoms with Gasteiger partial charge >= 0.3 is 5.97 Å². The van der Waals surface area contributed by atoms with Crippen LogP contribution in [0.2, 0.25) is 0 Å². The molecule has 1 aromatic rings. The fraction of sp³-hybridized carbons (Fsp3) is 0.719. The molecule has 0 aliphatic carbocycles. The summed E-state index contributed by atoms with van der Waals surface area (Å²) < 4.78 is 102. The lowest BCUT2D eigenvalue weighted by Gasteiger charge is -2.11. The standard InChI is InChI=1S/C32H49F5N2O10/c1-2-43-15-16-45-13-9-25(41)39-11-5-3-7-23(38)24(40)8-4-6-12-44-17-19-47-21-22-48-20-18-46-14-10-26(42)49-32-30(36)28(34)27(33)29(35)31(32)37/h23H,2-22,38H2,1H3,(H,39,41)/t23-/m0/s1. The number of carbonyl (C=O) groups is 3. The van der Waals surface area contributed by atoms with Crippen LogP contribution in [-0.2, 0) is 42.8 Å². The number of ether oxygens (including phenoxy) is 7. The molecule has 12 nitrogen and oxygen atoms in total. The molecule has 0 radical (unpaired) electrons. The summed E-state index contributed by atoms with van der Waals surface area (Å²) in [7, 11) is 0. The molecule has 0 fully saturated rings. The van der Waals surface area contributed by atoms with Crippen molar-refractivity contribution >= 4 is 17.7 Å². The predicted octanol–water partition coefficient (Wildman–Crippen LogP) is 3.54. The largest absolute Gasteiger partial charge is 0.420 e. The van der Waals surface area contributed by atoms with Crippen molar-refractivity contribution in [2.45, 2.75) is 64.3 Å². The van der Waals surface area contributed by atoms with E-state index in [4.69, 9.17) is 34.2 Å². The minimum atomic E-state index is -2.35. The Hall–Kier alpha value is -2.80. The number of benzene rings is 1. The first-order valence-corrected chi connectivity index (χ1v) is 16.3. The Morgan fingerprint density at radius 2 is 1.08 bits per heavy atom. The minimum Gasteiger partial charge on any atom is -0.420 e. The van der Waals surface area contributed by atoms with Gasteiger partial charge in [0.25, 0.3) is 0 Å². The Labute approximate surface area is 283 Å². The zero-order valence-corrected chi connectivity index (χ0v) is 28.0. The Morgan fingerprint density at radius 3 is 1.65 bits per heavy atom. The number of rotatable bonds is 31. The van der Waals surface area contributed by atoms with Crippen LogP contribution in [0.1, 0.15) is 58.3 Å². The Balaban J connectivity index is 1.89. The lowest BCUT2D eigenvalue weighted by Crippen LogP contribution is -2.31. The van der Waals surface area contributed by atoms with Gasteiger partial charge in [-0.25, -0.2) is 13.2 Å². The quantitative estimate of drug-likeness (QED) is 0.0290. The van der Waals surface area contributed by atoms with Crippen LogP contribution in [0.25, 0.3) is 0 Å². The van der Waals surface area contributed by atoms with Crippen LogP contribution >= 0.6 is 0 Å². The number of hydrogen-bond donors (Lipinski definition) is 2. The summed E-state index contributed by atoms with van der Waals surface area (Å²) in [6, 6.07) is -0.518. The van der Waals surface area contributed by atoms with Crippen LogP contribution in [0.4, 0.5) is 22.0 Å². The van der Waals surface area contributed by atoms with Gasteiger partial charge in [-0.2, -0.15) is 8.78 Å². The second-order valence-electron chi connectivity index (χ2n) is 10.5. The number of nitrogens with one attached hydrogen (secondary N) is 1. The van der Waals surface area contributed by atoms with Gasteiger partial charge in [0.1, 0.15) is 5.78 Å². The molecule has 17 heteroatoms. The minimum absolute atomic E-state index is 0.00957. The summed E-state index contributed by atoms with van der Waals surface area (Å²) in [6.07, 6.45) is 3.59. The molecule has 0 saturated carbocycles. The molecule has 0 saturated heterocycles. The number of carbonyl (C=O) groups excluding carboxylic acids is 3. The summed E-state index contributed by atoms with van der Waals surface area (Å²) in [6.45, 7) is 6.12. The van der Waals surface area contributed by atoms with Crippen molar-refractivity contribution in [1.82, 2.24) is 5.32 Å². The molecule has 0 heterocycles. The van der Waals surface area contributed by atoms with Crippen molar-refractivity contribution in [1.29, 1.82) is 0 Å². The maximum Gasteiger partial charge on any atom is 0.313 e. The van der Waals surface area contributed by atoms with Gasteiger partial charge < -0.3 is 44.2 Å². The van der Waals surface area contributed by atoms with E-state index in [0.29, 0.717) is 91.5 Å². The van der Waals surface area contributed by atoms with Gasteiger partial charge in [0.05, 0.1) is 78.5 Å². The lowest BCUT2D eigenvalue weighted by molar-refractivity contribution is -0.136. The van der Waals surface area contributed by atoms with E-state index in [2.05, 4.69) is 10.1 Å². The number of unbranched alkanes of at least 4 members (excludes halogenated alkanes) is 2. The van der Waals surface area contributed by atoms with Crippen molar-refractivity contribution in [3.8, 4) is 5.75 Å². The topological polar surface area (TPSA) is 154 Å². The number of Topliss-reactive ketones (excluding diaryl/α,β-unsaturated/α-hetero) is 1. The summed E-state index contributed by atoms with van der Waals surface area (Å²) in [5, 5.41) is 2.83. The summed E-state index contributed by atoms with van der Waals surface area (Å²) >= 11 is 0. The van der Waals surface area contributed by atoms with E-state index in [1.165, 1.54) is 0 Å². The highest BCUT2D eigenvalue weighted by molar-refractivity contribution is 5.83. The number of halogens is 5. The van der Waals surface area contributed by atoms with Crippen LogP contribution in [0.5, 0.6) is 5.75 Å². The van der Waals surface area contributed by atoms with Gasteiger partial charge in [-0.05, 0) is 39.0 Å². The molecule has 0 bridgehead atoms. The van der Waals surface area contributed by atoms with E-state index < -0.39 is 53.3 Å². The molecule has 3 N–H and O–H groups in total. The zero-order valence-electron chi connectivity index (χ0n) is 28.0. The molecule has 1 atom stereocenters. The Kier molecular flexibility index (Phi) is 25.2. The normalized spacial score (nSPS) is 11.9. The summed E-state index contributed by atoms with van der Waals surface area (Å²) in [4.78, 5) is 35.6. The number of hydrogen-bond acceptors (Lipinski definition) is 11. The molecule has 0 aromatic heterocycles.